The van der Waals surface area contributed by atoms with Crippen LogP contribution in [0, 0.1) is 0 Å². The molecule has 0 aliphatic rings. The van der Waals surface area contributed by atoms with E-state index in [1.54, 1.807) is 6.92 Å². The van der Waals surface area contributed by atoms with E-state index in [0.717, 1.165) is 26.9 Å². The first-order valence-electron chi connectivity index (χ1n) is 6.09. The smallest absolute Gasteiger partial charge is 0.130 e. The molecule has 0 bridgehead atoms. The molecule has 2 nitrogen and oxygen atoms in total. The van der Waals surface area contributed by atoms with Crippen LogP contribution in [-0.2, 0) is 17.8 Å². The number of ether oxygens (including phenoxy) is 1. The SMILES string of the molecule is CC(=O)CCc1ccc(OCc2ccc(Cl)s2)cc1. The Labute approximate surface area is 122 Å². The zero-order valence-electron chi connectivity index (χ0n) is 10.7. The Balaban J connectivity index is 1.86. The Morgan fingerprint density at radius 3 is 2.53 bits per heavy atom. The average molecular weight is 295 g/mol. The first kappa shape index (κ1) is 14.1. The van der Waals surface area contributed by atoms with Gasteiger partial charge in [0.05, 0.1) is 4.34 Å². The van der Waals surface area contributed by atoms with Crippen LogP contribution in [0.25, 0.3) is 0 Å². The van der Waals surface area contributed by atoms with Gasteiger partial charge in [-0.2, -0.15) is 0 Å². The van der Waals surface area contributed by atoms with Gasteiger partial charge in [0.25, 0.3) is 0 Å². The molecular weight excluding hydrogens is 280 g/mol. The van der Waals surface area contributed by atoms with Gasteiger partial charge in [-0.05, 0) is 43.2 Å². The summed E-state index contributed by atoms with van der Waals surface area (Å²) in [6, 6.07) is 11.7. The summed E-state index contributed by atoms with van der Waals surface area (Å²) in [6.45, 7) is 2.15. The molecule has 4 heteroatoms. The Kier molecular flexibility index (Phi) is 5.00. The number of aryl methyl sites for hydroxylation is 1. The summed E-state index contributed by atoms with van der Waals surface area (Å²) in [6.07, 6.45) is 1.38. The van der Waals surface area contributed by atoms with Crippen molar-refractivity contribution in [3.63, 3.8) is 0 Å². The molecule has 0 saturated carbocycles. The average Bonchev–Trinajstić information content (AvgIpc) is 2.81. The van der Waals surface area contributed by atoms with Crippen LogP contribution < -0.4 is 4.74 Å². The number of Topliss-reactive ketones (excluding diaryl/α,β-unsaturated/α-hetero) is 1. The zero-order valence-corrected chi connectivity index (χ0v) is 12.3. The molecule has 0 saturated heterocycles. The Morgan fingerprint density at radius 2 is 1.95 bits per heavy atom. The van der Waals surface area contributed by atoms with Crippen molar-refractivity contribution in [2.45, 2.75) is 26.4 Å². The molecule has 0 radical (unpaired) electrons. The van der Waals surface area contributed by atoms with Gasteiger partial charge in [0.1, 0.15) is 18.1 Å². The molecule has 0 atom stereocenters. The minimum atomic E-state index is 0.218. The topological polar surface area (TPSA) is 26.3 Å². The maximum absolute atomic E-state index is 10.9. The van der Waals surface area contributed by atoms with Crippen LogP contribution in [0.5, 0.6) is 5.75 Å². The van der Waals surface area contributed by atoms with Gasteiger partial charge >= 0.3 is 0 Å². The highest BCUT2D eigenvalue weighted by atomic mass is 35.5. The van der Waals surface area contributed by atoms with Gasteiger partial charge in [0, 0.05) is 11.3 Å². The zero-order chi connectivity index (χ0) is 13.7. The molecule has 0 aliphatic heterocycles. The molecule has 0 spiro atoms. The summed E-state index contributed by atoms with van der Waals surface area (Å²) in [4.78, 5) is 12.0. The quantitative estimate of drug-likeness (QED) is 0.784. The van der Waals surface area contributed by atoms with Gasteiger partial charge in [-0.3, -0.25) is 0 Å². The van der Waals surface area contributed by atoms with Crippen LogP contribution >= 0.6 is 22.9 Å². The number of hydrogen-bond donors (Lipinski definition) is 0. The van der Waals surface area contributed by atoms with Gasteiger partial charge in [-0.15, -0.1) is 11.3 Å². The Morgan fingerprint density at radius 1 is 1.21 bits per heavy atom. The van der Waals surface area contributed by atoms with Crippen molar-refractivity contribution >= 4 is 28.7 Å². The number of benzene rings is 1. The minimum absolute atomic E-state index is 0.218. The third-order valence-electron chi connectivity index (χ3n) is 2.70. The standard InChI is InChI=1S/C15H15ClO2S/c1-11(17)2-3-12-4-6-13(7-5-12)18-10-14-8-9-15(16)19-14/h4-9H,2-3,10H2,1H3. The van der Waals surface area contributed by atoms with Crippen molar-refractivity contribution in [1.82, 2.24) is 0 Å². The van der Waals surface area contributed by atoms with E-state index in [-0.39, 0.29) is 5.78 Å². The fraction of sp³-hybridized carbons (Fsp3) is 0.267. The number of halogens is 1. The first-order valence-corrected chi connectivity index (χ1v) is 7.28. The minimum Gasteiger partial charge on any atom is -0.488 e. The lowest BCUT2D eigenvalue weighted by molar-refractivity contribution is -0.116. The van der Waals surface area contributed by atoms with E-state index < -0.39 is 0 Å². The maximum Gasteiger partial charge on any atom is 0.130 e. The van der Waals surface area contributed by atoms with E-state index in [1.165, 1.54) is 11.3 Å². The first-order chi connectivity index (χ1) is 9.13. The predicted octanol–water partition coefficient (Wildman–Crippen LogP) is 4.50. The summed E-state index contributed by atoms with van der Waals surface area (Å²) in [5.41, 5.74) is 1.15. The van der Waals surface area contributed by atoms with Crippen LogP contribution in [0.2, 0.25) is 4.34 Å². The lowest BCUT2D eigenvalue weighted by atomic mass is 10.1. The van der Waals surface area contributed by atoms with Crippen LogP contribution in [0.15, 0.2) is 36.4 Å². The molecule has 0 N–H and O–H groups in total. The van der Waals surface area contributed by atoms with Gasteiger partial charge < -0.3 is 9.53 Å². The molecule has 0 unspecified atom stereocenters. The van der Waals surface area contributed by atoms with Crippen LogP contribution in [0.4, 0.5) is 0 Å². The Bertz CT molecular complexity index is 546. The number of thiophene rings is 1. The molecule has 2 rings (SSSR count). The highest BCUT2D eigenvalue weighted by Crippen LogP contribution is 2.23. The molecule has 1 aromatic heterocycles. The summed E-state index contributed by atoms with van der Waals surface area (Å²) < 4.78 is 6.45. The molecule has 1 heterocycles. The lowest BCUT2D eigenvalue weighted by Crippen LogP contribution is -1.95. The molecule has 19 heavy (non-hydrogen) atoms. The molecule has 0 fully saturated rings. The van der Waals surface area contributed by atoms with Crippen molar-refractivity contribution < 1.29 is 9.53 Å². The maximum atomic E-state index is 10.9. The molecule has 0 amide bonds. The normalized spacial score (nSPS) is 10.4. The van der Waals surface area contributed by atoms with Crippen molar-refractivity contribution in [2.75, 3.05) is 0 Å². The van der Waals surface area contributed by atoms with Gasteiger partial charge in [-0.25, -0.2) is 0 Å². The number of carbonyl (C=O) groups excluding carboxylic acids is 1. The van der Waals surface area contributed by atoms with E-state index in [0.29, 0.717) is 13.0 Å². The highest BCUT2D eigenvalue weighted by Gasteiger charge is 2.01. The van der Waals surface area contributed by atoms with Gasteiger partial charge in [-0.1, -0.05) is 23.7 Å². The summed E-state index contributed by atoms with van der Waals surface area (Å²) in [5, 5.41) is 0. The second-order valence-electron chi connectivity index (χ2n) is 4.34. The molecule has 2 aromatic rings. The van der Waals surface area contributed by atoms with Gasteiger partial charge in [0.15, 0.2) is 0 Å². The lowest BCUT2D eigenvalue weighted by Gasteiger charge is -2.05. The molecule has 0 aliphatic carbocycles. The monoisotopic (exact) mass is 294 g/mol. The molecule has 1 aromatic carbocycles. The summed E-state index contributed by atoms with van der Waals surface area (Å²) >= 11 is 7.38. The van der Waals surface area contributed by atoms with Crippen LogP contribution in [-0.4, -0.2) is 5.78 Å². The number of hydrogen-bond acceptors (Lipinski definition) is 3. The molecule has 100 valence electrons. The number of rotatable bonds is 6. The van der Waals surface area contributed by atoms with Gasteiger partial charge in [0.2, 0.25) is 0 Å². The van der Waals surface area contributed by atoms with Crippen molar-refractivity contribution in [3.8, 4) is 5.75 Å². The van der Waals surface area contributed by atoms with E-state index in [9.17, 15) is 4.79 Å². The van der Waals surface area contributed by atoms with Crippen molar-refractivity contribution in [3.05, 3.63) is 51.2 Å². The van der Waals surface area contributed by atoms with E-state index in [4.69, 9.17) is 16.3 Å². The third-order valence-corrected chi connectivity index (χ3v) is 3.90. The van der Waals surface area contributed by atoms with Crippen molar-refractivity contribution in [1.29, 1.82) is 0 Å². The van der Waals surface area contributed by atoms with Crippen LogP contribution in [0.3, 0.4) is 0 Å². The predicted molar refractivity (Wildman–Crippen MR) is 79.1 cm³/mol. The largest absolute Gasteiger partial charge is 0.488 e. The van der Waals surface area contributed by atoms with E-state index in [2.05, 4.69) is 0 Å². The third kappa shape index (κ3) is 4.69. The number of ketones is 1. The summed E-state index contributed by atoms with van der Waals surface area (Å²) in [7, 11) is 0. The van der Waals surface area contributed by atoms with Crippen molar-refractivity contribution in [2.24, 2.45) is 0 Å². The Hall–Kier alpha value is -1.32. The summed E-state index contributed by atoms with van der Waals surface area (Å²) in [5.74, 6) is 1.05. The molecular formula is C15H15ClO2S. The second-order valence-corrected chi connectivity index (χ2v) is 6.14. The van der Waals surface area contributed by atoms with E-state index >= 15 is 0 Å². The fourth-order valence-corrected chi connectivity index (χ4v) is 2.66. The van der Waals surface area contributed by atoms with Crippen LogP contribution in [0.1, 0.15) is 23.8 Å². The van der Waals surface area contributed by atoms with E-state index in [1.807, 2.05) is 36.4 Å². The fourth-order valence-electron chi connectivity index (χ4n) is 1.66. The second kappa shape index (κ2) is 6.73. The highest BCUT2D eigenvalue weighted by molar-refractivity contribution is 7.16. The number of carbonyl (C=O) groups is 1.